The number of phenolic OH excluding ortho intramolecular Hbond substituents is 1. The van der Waals surface area contributed by atoms with Gasteiger partial charge in [0.05, 0.1) is 5.56 Å². The predicted octanol–water partition coefficient (Wildman–Crippen LogP) is 4.72. The van der Waals surface area contributed by atoms with Crippen molar-refractivity contribution in [2.75, 3.05) is 13.2 Å². The zero-order valence-corrected chi connectivity index (χ0v) is 31.4. The molecule has 15 nitrogen and oxygen atoms in total. The molecule has 54 heavy (non-hydrogen) atoms. The van der Waals surface area contributed by atoms with Crippen molar-refractivity contribution in [2.45, 2.75) is 140 Å². The van der Waals surface area contributed by atoms with Crippen LogP contribution in [0.5, 0.6) is 17.2 Å². The highest BCUT2D eigenvalue weighted by Crippen LogP contribution is 2.46. The van der Waals surface area contributed by atoms with Gasteiger partial charge in [-0.25, -0.2) is 0 Å². The first-order valence-electron chi connectivity index (χ1n) is 18.3. The van der Waals surface area contributed by atoms with E-state index < -0.39 is 83.9 Å². The van der Waals surface area contributed by atoms with Gasteiger partial charge in [-0.05, 0) is 73.1 Å². The fourth-order valence-corrected chi connectivity index (χ4v) is 8.23. The maximum Gasteiger partial charge on any atom is 0.204 e. The average Bonchev–Trinajstić information content (AvgIpc) is 3.79. The molecule has 2 aromatic carbocycles. The van der Waals surface area contributed by atoms with E-state index in [2.05, 4.69) is 0 Å². The summed E-state index contributed by atoms with van der Waals surface area (Å²) in [6.07, 6.45) is -3.62. The van der Waals surface area contributed by atoms with Crippen molar-refractivity contribution >= 4 is 11.0 Å². The number of rotatable bonds is 7. The predicted molar refractivity (Wildman–Crippen MR) is 186 cm³/mol. The largest absolute Gasteiger partial charge is 0.507 e. The monoisotopic (exact) mass is 754 g/mol. The van der Waals surface area contributed by atoms with Gasteiger partial charge >= 0.3 is 0 Å². The maximum atomic E-state index is 13.7. The number of aromatic hydroxyl groups is 1. The van der Waals surface area contributed by atoms with E-state index in [-0.39, 0.29) is 47.3 Å². The van der Waals surface area contributed by atoms with Gasteiger partial charge in [0, 0.05) is 12.1 Å². The summed E-state index contributed by atoms with van der Waals surface area (Å²) in [6, 6.07) is 9.92. The average molecular weight is 755 g/mol. The molecular formula is C39H46O15. The van der Waals surface area contributed by atoms with Crippen LogP contribution in [-0.4, -0.2) is 103 Å². The Bertz CT molecular complexity index is 1970. The van der Waals surface area contributed by atoms with Crippen molar-refractivity contribution in [1.29, 1.82) is 0 Å². The molecule has 6 aliphatic heterocycles. The second kappa shape index (κ2) is 12.6. The molecule has 9 rings (SSSR count). The van der Waals surface area contributed by atoms with E-state index in [1.165, 1.54) is 12.3 Å². The molecule has 0 saturated carbocycles. The molecule has 6 aliphatic rings. The Morgan fingerprint density at radius 2 is 1.06 bits per heavy atom. The minimum atomic E-state index is -0.854. The molecule has 0 unspecified atom stereocenters. The summed E-state index contributed by atoms with van der Waals surface area (Å²) in [5, 5.41) is 11.1. The number of hydrogen-bond donors (Lipinski definition) is 1. The first-order chi connectivity index (χ1) is 25.4. The minimum absolute atomic E-state index is 0.0234. The number of hydrogen-bond acceptors (Lipinski definition) is 15. The van der Waals surface area contributed by atoms with Crippen LogP contribution in [0.1, 0.15) is 55.4 Å². The van der Waals surface area contributed by atoms with E-state index in [1.54, 1.807) is 30.3 Å². The molecule has 0 radical (unpaired) electrons. The minimum Gasteiger partial charge on any atom is -0.507 e. The Hall–Kier alpha value is -3.35. The molecule has 10 atom stereocenters. The Labute approximate surface area is 311 Å². The van der Waals surface area contributed by atoms with E-state index in [0.29, 0.717) is 11.3 Å². The molecule has 0 spiro atoms. The highest BCUT2D eigenvalue weighted by Gasteiger charge is 2.62. The summed E-state index contributed by atoms with van der Waals surface area (Å²) in [4.78, 5) is 13.7. The molecule has 15 heteroatoms. The van der Waals surface area contributed by atoms with Gasteiger partial charge in [0.25, 0.3) is 0 Å². The zero-order valence-electron chi connectivity index (χ0n) is 31.4. The summed E-state index contributed by atoms with van der Waals surface area (Å²) in [5.41, 5.74) is 0.595. The molecule has 0 bridgehead atoms. The quantitative estimate of drug-likeness (QED) is 0.353. The van der Waals surface area contributed by atoms with Gasteiger partial charge in [-0.2, -0.15) is 0 Å². The van der Waals surface area contributed by atoms with E-state index in [4.69, 9.17) is 61.3 Å². The van der Waals surface area contributed by atoms with Gasteiger partial charge < -0.3 is 66.4 Å². The van der Waals surface area contributed by atoms with Gasteiger partial charge in [-0.3, -0.25) is 4.79 Å². The molecule has 1 N–H and O–H groups in total. The number of ether oxygens (including phenoxy) is 12. The summed E-state index contributed by atoms with van der Waals surface area (Å²) >= 11 is 0. The second-order valence-electron chi connectivity index (χ2n) is 16.4. The van der Waals surface area contributed by atoms with Crippen LogP contribution in [0.2, 0.25) is 0 Å². The second-order valence-corrected chi connectivity index (χ2v) is 16.4. The molecule has 6 fully saturated rings. The molecule has 3 aromatic rings. The van der Waals surface area contributed by atoms with Crippen molar-refractivity contribution in [2.24, 2.45) is 0 Å². The SMILES string of the molecule is CC1(C)O[C@H]2[C@@H](O1)[C@@H](COc1ccc(-c3coc4cc(OC[C@H]5O[C@@H]6OC(C)(C)O[C@@H]6[C@H]6OC(C)(C)O[C@H]65)cc(O)c4c3=O)cc1)O[C@@H]1OC(C)(C)O[C@@H]12. The topological polar surface area (TPSA) is 161 Å². The maximum absolute atomic E-state index is 13.7. The van der Waals surface area contributed by atoms with Crippen LogP contribution in [0, 0.1) is 0 Å². The van der Waals surface area contributed by atoms with E-state index in [1.807, 2.05) is 55.4 Å². The summed E-state index contributed by atoms with van der Waals surface area (Å²) in [7, 11) is 0. The highest BCUT2D eigenvalue weighted by atomic mass is 16.9. The number of phenols is 1. The van der Waals surface area contributed by atoms with Gasteiger partial charge in [0.15, 0.2) is 35.7 Å². The third-order valence-electron chi connectivity index (χ3n) is 10.3. The first kappa shape index (κ1) is 36.3. The fourth-order valence-electron chi connectivity index (χ4n) is 8.23. The highest BCUT2D eigenvalue weighted by molar-refractivity contribution is 5.88. The lowest BCUT2D eigenvalue weighted by molar-refractivity contribution is -0.238. The van der Waals surface area contributed by atoms with Gasteiger partial charge in [0.2, 0.25) is 5.43 Å². The Kier molecular flexibility index (Phi) is 8.46. The first-order valence-corrected chi connectivity index (χ1v) is 18.3. The van der Waals surface area contributed by atoms with Crippen molar-refractivity contribution in [1.82, 2.24) is 0 Å². The van der Waals surface area contributed by atoms with Crippen LogP contribution in [0.25, 0.3) is 22.1 Å². The van der Waals surface area contributed by atoms with Crippen LogP contribution in [-0.2, 0) is 47.4 Å². The zero-order chi connectivity index (χ0) is 37.9. The molecular weight excluding hydrogens is 708 g/mol. The molecule has 0 aliphatic carbocycles. The van der Waals surface area contributed by atoms with Crippen LogP contribution >= 0.6 is 0 Å². The van der Waals surface area contributed by atoms with Gasteiger partial charge in [0.1, 0.15) is 96.5 Å². The Morgan fingerprint density at radius 1 is 0.593 bits per heavy atom. The normalized spacial score (nSPS) is 36.7. The lowest BCUT2D eigenvalue weighted by Gasteiger charge is -2.37. The fraction of sp³-hybridized carbons (Fsp3) is 0.615. The number of fused-ring (bicyclic) bond motifs is 7. The molecule has 6 saturated heterocycles. The molecule has 0 amide bonds. The molecule has 292 valence electrons. The number of benzene rings is 2. The van der Waals surface area contributed by atoms with E-state index >= 15 is 0 Å². The smallest absolute Gasteiger partial charge is 0.204 e. The van der Waals surface area contributed by atoms with Crippen LogP contribution < -0.4 is 14.9 Å². The standard InChI is InChI=1S/C39H46O15/c1-36(2)47-28-24(45-34-32(30(28)49-36)51-38(5,6)53-34)16-42-19-11-9-18(10-12-19)21-15-44-23-14-20(13-22(40)26(23)27(21)41)43-17-25-29-31(50-37(3,4)48-29)33-35(46-25)54-39(7,8)52-33/h9-15,24-25,28-35,40H,16-17H2,1-8H3/t24-,25-,28+,29+,30+,31+,32-,33-,34-,35-/m1/s1. The lowest BCUT2D eigenvalue weighted by Crippen LogP contribution is -2.56. The van der Waals surface area contributed by atoms with E-state index in [0.717, 1.165) is 0 Å². The third kappa shape index (κ3) is 6.57. The van der Waals surface area contributed by atoms with Crippen LogP contribution in [0.4, 0.5) is 0 Å². The molecule has 7 heterocycles. The Balaban J connectivity index is 0.873. The summed E-state index contributed by atoms with van der Waals surface area (Å²) in [6.45, 7) is 14.9. The van der Waals surface area contributed by atoms with E-state index in [9.17, 15) is 9.90 Å². The van der Waals surface area contributed by atoms with Crippen molar-refractivity contribution in [3.05, 3.63) is 52.9 Å². The summed E-state index contributed by atoms with van der Waals surface area (Å²) in [5.74, 6) is -2.80. The van der Waals surface area contributed by atoms with Gasteiger partial charge in [-0.1, -0.05) is 12.1 Å². The van der Waals surface area contributed by atoms with Crippen LogP contribution in [0.3, 0.4) is 0 Å². The lowest BCUT2D eigenvalue weighted by atomic mass is 9.99. The third-order valence-corrected chi connectivity index (χ3v) is 10.3. The van der Waals surface area contributed by atoms with Gasteiger partial charge in [-0.15, -0.1) is 0 Å². The van der Waals surface area contributed by atoms with Crippen molar-refractivity contribution in [3.63, 3.8) is 0 Å². The van der Waals surface area contributed by atoms with Crippen molar-refractivity contribution < 1.29 is 66.4 Å². The summed E-state index contributed by atoms with van der Waals surface area (Å²) < 4.78 is 79.4. The molecule has 1 aromatic heterocycles. The van der Waals surface area contributed by atoms with Crippen molar-refractivity contribution in [3.8, 4) is 28.4 Å². The Morgan fingerprint density at radius 3 is 1.59 bits per heavy atom. The van der Waals surface area contributed by atoms with Crippen LogP contribution in [0.15, 0.2) is 51.9 Å².